The maximum absolute atomic E-state index is 9.78. The van der Waals surface area contributed by atoms with Crippen molar-refractivity contribution in [2.75, 3.05) is 0 Å². The van der Waals surface area contributed by atoms with Crippen LogP contribution in [0.25, 0.3) is 0 Å². The number of nitrogens with one attached hydrogen (secondary N) is 1. The van der Waals surface area contributed by atoms with E-state index >= 15 is 0 Å². The van der Waals surface area contributed by atoms with Gasteiger partial charge in [-0.1, -0.05) is 6.07 Å². The highest BCUT2D eigenvalue weighted by molar-refractivity contribution is 5.40. The van der Waals surface area contributed by atoms with Crippen LogP contribution in [0.5, 0.6) is 11.5 Å². The third kappa shape index (κ3) is 3.45. The van der Waals surface area contributed by atoms with Crippen molar-refractivity contribution in [3.63, 3.8) is 0 Å². The fraction of sp³-hybridized carbons (Fsp3) is 0.267. The molecule has 1 aromatic carbocycles. The van der Waals surface area contributed by atoms with Gasteiger partial charge in [-0.15, -0.1) is 0 Å². The van der Waals surface area contributed by atoms with E-state index in [2.05, 4.69) is 10.3 Å². The Morgan fingerprint density at radius 2 is 2.00 bits per heavy atom. The largest absolute Gasteiger partial charge is 0.508 e. The van der Waals surface area contributed by atoms with Crippen molar-refractivity contribution in [2.24, 2.45) is 0 Å². The van der Waals surface area contributed by atoms with Gasteiger partial charge in [-0.05, 0) is 43.7 Å². The molecule has 2 aromatic rings. The summed E-state index contributed by atoms with van der Waals surface area (Å²) in [7, 11) is 0. The summed E-state index contributed by atoms with van der Waals surface area (Å²) in [6.07, 6.45) is 1.83. The van der Waals surface area contributed by atoms with Crippen molar-refractivity contribution in [3.05, 3.63) is 53.3 Å². The Kier molecular flexibility index (Phi) is 4.02. The molecular formula is C15H18N2O2. The first kappa shape index (κ1) is 13.4. The quantitative estimate of drug-likeness (QED) is 0.738. The molecular weight excluding hydrogens is 240 g/mol. The molecule has 0 aliphatic rings. The third-order valence-corrected chi connectivity index (χ3v) is 3.06. The number of phenolic OH excluding ortho intramolecular Hbond substituents is 2. The van der Waals surface area contributed by atoms with Gasteiger partial charge in [0.2, 0.25) is 0 Å². The van der Waals surface area contributed by atoms with Crippen LogP contribution < -0.4 is 5.32 Å². The van der Waals surface area contributed by atoms with Crippen molar-refractivity contribution >= 4 is 0 Å². The molecule has 19 heavy (non-hydrogen) atoms. The molecule has 1 heterocycles. The second kappa shape index (κ2) is 5.71. The van der Waals surface area contributed by atoms with Crippen LogP contribution in [0.1, 0.15) is 29.8 Å². The summed E-state index contributed by atoms with van der Waals surface area (Å²) in [4.78, 5) is 4.23. The molecule has 0 spiro atoms. The first-order valence-electron chi connectivity index (χ1n) is 6.23. The molecule has 100 valence electrons. The average molecular weight is 258 g/mol. The lowest BCUT2D eigenvalue weighted by molar-refractivity contribution is 0.440. The highest BCUT2D eigenvalue weighted by Crippen LogP contribution is 2.27. The molecule has 0 amide bonds. The van der Waals surface area contributed by atoms with Crippen molar-refractivity contribution in [2.45, 2.75) is 26.4 Å². The second-order valence-corrected chi connectivity index (χ2v) is 4.65. The maximum atomic E-state index is 9.78. The van der Waals surface area contributed by atoms with Crippen LogP contribution in [0.3, 0.4) is 0 Å². The number of hydrogen-bond donors (Lipinski definition) is 3. The summed E-state index contributed by atoms with van der Waals surface area (Å²) >= 11 is 0. The number of benzene rings is 1. The van der Waals surface area contributed by atoms with Crippen LogP contribution in [0.2, 0.25) is 0 Å². The molecule has 2 rings (SSSR count). The molecule has 4 heteroatoms. The number of rotatable bonds is 4. The molecule has 0 aliphatic heterocycles. The summed E-state index contributed by atoms with van der Waals surface area (Å²) in [5, 5.41) is 22.5. The van der Waals surface area contributed by atoms with Gasteiger partial charge in [0.15, 0.2) is 0 Å². The van der Waals surface area contributed by atoms with Gasteiger partial charge in [-0.2, -0.15) is 0 Å². The summed E-state index contributed by atoms with van der Waals surface area (Å²) < 4.78 is 0. The Morgan fingerprint density at radius 1 is 1.21 bits per heavy atom. The van der Waals surface area contributed by atoms with Crippen LogP contribution in [0.4, 0.5) is 0 Å². The number of aryl methyl sites for hydroxylation is 1. The predicted octanol–water partition coefficient (Wildman–Crippen LogP) is 2.65. The standard InChI is InChI=1S/C15H18N2O2/c1-10-3-4-12(8-16-10)9-17-11(2)14-7-13(18)5-6-15(14)19/h3-8,11,17-19H,9H2,1-2H3. The van der Waals surface area contributed by atoms with Crippen molar-refractivity contribution in [1.29, 1.82) is 0 Å². The maximum Gasteiger partial charge on any atom is 0.120 e. The fourth-order valence-electron chi connectivity index (χ4n) is 1.87. The highest BCUT2D eigenvalue weighted by Gasteiger charge is 2.10. The molecule has 0 fully saturated rings. The van der Waals surface area contributed by atoms with Gasteiger partial charge in [-0.3, -0.25) is 4.98 Å². The number of aromatic hydroxyl groups is 2. The van der Waals surface area contributed by atoms with Crippen molar-refractivity contribution in [3.8, 4) is 11.5 Å². The van der Waals surface area contributed by atoms with Crippen LogP contribution in [-0.2, 0) is 6.54 Å². The number of pyridine rings is 1. The zero-order chi connectivity index (χ0) is 13.8. The van der Waals surface area contributed by atoms with Crippen LogP contribution >= 0.6 is 0 Å². The topological polar surface area (TPSA) is 65.4 Å². The zero-order valence-electron chi connectivity index (χ0n) is 11.1. The van der Waals surface area contributed by atoms with E-state index in [1.807, 2.05) is 32.2 Å². The lowest BCUT2D eigenvalue weighted by Crippen LogP contribution is -2.18. The smallest absolute Gasteiger partial charge is 0.120 e. The summed E-state index contributed by atoms with van der Waals surface area (Å²) in [6.45, 7) is 4.55. The minimum atomic E-state index is -0.0617. The summed E-state index contributed by atoms with van der Waals surface area (Å²) in [5.41, 5.74) is 2.75. The Bertz CT molecular complexity index is 553. The van der Waals surface area contributed by atoms with Gasteiger partial charge in [0.05, 0.1) is 0 Å². The van der Waals surface area contributed by atoms with Crippen LogP contribution in [0.15, 0.2) is 36.5 Å². The first-order chi connectivity index (χ1) is 9.06. The zero-order valence-corrected chi connectivity index (χ0v) is 11.1. The normalized spacial score (nSPS) is 12.3. The SMILES string of the molecule is Cc1ccc(CNC(C)c2cc(O)ccc2O)cn1. The van der Waals surface area contributed by atoms with E-state index in [-0.39, 0.29) is 17.5 Å². The number of nitrogens with zero attached hydrogens (tertiary/aromatic N) is 1. The molecule has 4 nitrogen and oxygen atoms in total. The minimum Gasteiger partial charge on any atom is -0.508 e. The minimum absolute atomic E-state index is 0.0617. The van der Waals surface area contributed by atoms with E-state index in [0.717, 1.165) is 11.3 Å². The van der Waals surface area contributed by atoms with Gasteiger partial charge in [0.1, 0.15) is 11.5 Å². The summed E-state index contributed by atoms with van der Waals surface area (Å²) in [5.74, 6) is 0.332. The van der Waals surface area contributed by atoms with E-state index in [4.69, 9.17) is 0 Å². The van der Waals surface area contributed by atoms with Crippen LogP contribution in [-0.4, -0.2) is 15.2 Å². The lowest BCUT2D eigenvalue weighted by Gasteiger charge is -2.16. The lowest BCUT2D eigenvalue weighted by atomic mass is 10.1. The van der Waals surface area contributed by atoms with Crippen molar-refractivity contribution in [1.82, 2.24) is 10.3 Å². The van der Waals surface area contributed by atoms with Gasteiger partial charge in [0.25, 0.3) is 0 Å². The first-order valence-corrected chi connectivity index (χ1v) is 6.23. The molecule has 0 aliphatic carbocycles. The van der Waals surface area contributed by atoms with Gasteiger partial charge in [-0.25, -0.2) is 0 Å². The molecule has 3 N–H and O–H groups in total. The van der Waals surface area contributed by atoms with Crippen LogP contribution in [0, 0.1) is 6.92 Å². The fourth-order valence-corrected chi connectivity index (χ4v) is 1.87. The molecule has 0 saturated heterocycles. The van der Waals surface area contributed by atoms with Gasteiger partial charge >= 0.3 is 0 Å². The summed E-state index contributed by atoms with van der Waals surface area (Å²) in [6, 6.07) is 8.46. The second-order valence-electron chi connectivity index (χ2n) is 4.65. The Morgan fingerprint density at radius 3 is 2.68 bits per heavy atom. The molecule has 0 saturated carbocycles. The molecule has 1 unspecified atom stereocenters. The van der Waals surface area contributed by atoms with Gasteiger partial charge < -0.3 is 15.5 Å². The third-order valence-electron chi connectivity index (χ3n) is 3.06. The van der Waals surface area contributed by atoms with E-state index < -0.39 is 0 Å². The molecule has 0 radical (unpaired) electrons. The number of hydrogen-bond acceptors (Lipinski definition) is 4. The molecule has 1 aromatic heterocycles. The Labute approximate surface area is 112 Å². The Balaban J connectivity index is 2.03. The number of phenols is 2. The highest BCUT2D eigenvalue weighted by atomic mass is 16.3. The van der Waals surface area contributed by atoms with Crippen molar-refractivity contribution < 1.29 is 10.2 Å². The molecule has 1 atom stereocenters. The molecule has 0 bridgehead atoms. The number of aromatic nitrogens is 1. The van der Waals surface area contributed by atoms with E-state index in [0.29, 0.717) is 12.1 Å². The average Bonchev–Trinajstić information content (AvgIpc) is 2.40. The monoisotopic (exact) mass is 258 g/mol. The predicted molar refractivity (Wildman–Crippen MR) is 74.0 cm³/mol. The van der Waals surface area contributed by atoms with E-state index in [1.54, 1.807) is 6.07 Å². The van der Waals surface area contributed by atoms with Gasteiger partial charge in [0, 0.05) is 30.0 Å². The Hall–Kier alpha value is -2.07. The van der Waals surface area contributed by atoms with E-state index in [9.17, 15) is 10.2 Å². The van der Waals surface area contributed by atoms with E-state index in [1.165, 1.54) is 12.1 Å².